The van der Waals surface area contributed by atoms with Crippen LogP contribution in [0, 0.1) is 0 Å². The summed E-state index contributed by atoms with van der Waals surface area (Å²) in [5.41, 5.74) is 2.43. The van der Waals surface area contributed by atoms with E-state index in [0.29, 0.717) is 11.3 Å². The monoisotopic (exact) mass is 404 g/mol. The summed E-state index contributed by atoms with van der Waals surface area (Å²) in [7, 11) is 0. The predicted molar refractivity (Wildman–Crippen MR) is 114 cm³/mol. The number of piperazine rings is 1. The zero-order valence-corrected chi connectivity index (χ0v) is 16.8. The number of rotatable bonds is 4. The number of fused-ring (bicyclic) bond motifs is 1. The molecular weight excluding hydrogens is 382 g/mol. The first-order chi connectivity index (χ1) is 14.3. The Balaban J connectivity index is 1.32. The summed E-state index contributed by atoms with van der Waals surface area (Å²) >= 11 is 1.81. The second kappa shape index (κ2) is 7.81. The second-order valence-corrected chi connectivity index (χ2v) is 8.44. The average Bonchev–Trinajstić information content (AvgIpc) is 3.44. The van der Waals surface area contributed by atoms with Crippen molar-refractivity contribution in [3.8, 4) is 11.3 Å². The van der Waals surface area contributed by atoms with Crippen LogP contribution in [0.2, 0.25) is 0 Å². The number of aromatic nitrogens is 1. The van der Waals surface area contributed by atoms with Gasteiger partial charge in [-0.05, 0) is 29.6 Å². The van der Waals surface area contributed by atoms with Gasteiger partial charge < -0.3 is 14.3 Å². The maximum atomic E-state index is 13.1. The van der Waals surface area contributed by atoms with E-state index in [1.54, 1.807) is 11.3 Å². The Morgan fingerprint density at radius 1 is 1.07 bits per heavy atom. The first kappa shape index (κ1) is 18.1. The number of nitrogens with zero attached hydrogens (tertiary/aromatic N) is 2. The number of quaternary nitrogens is 1. The van der Waals surface area contributed by atoms with Crippen LogP contribution in [0.15, 0.2) is 70.6 Å². The van der Waals surface area contributed by atoms with Crippen LogP contribution in [-0.4, -0.2) is 42.1 Å². The molecular formula is C23H22N3O2S+. The summed E-state index contributed by atoms with van der Waals surface area (Å²) < 4.78 is 5.57. The van der Waals surface area contributed by atoms with Gasteiger partial charge in [0.05, 0.1) is 36.4 Å². The van der Waals surface area contributed by atoms with Crippen LogP contribution in [-0.2, 0) is 6.54 Å². The molecule has 0 spiro atoms. The fraction of sp³-hybridized carbons (Fsp3) is 0.217. The molecule has 4 aromatic rings. The third-order valence-corrected chi connectivity index (χ3v) is 6.40. The van der Waals surface area contributed by atoms with Crippen molar-refractivity contribution in [1.29, 1.82) is 0 Å². The van der Waals surface area contributed by atoms with Crippen molar-refractivity contribution in [2.75, 3.05) is 26.2 Å². The highest BCUT2D eigenvalue weighted by Gasteiger charge is 2.25. The third kappa shape index (κ3) is 3.69. The molecule has 2 aromatic carbocycles. The van der Waals surface area contributed by atoms with Gasteiger partial charge in [0.2, 0.25) is 0 Å². The van der Waals surface area contributed by atoms with Crippen LogP contribution in [0.1, 0.15) is 15.2 Å². The van der Waals surface area contributed by atoms with Crippen molar-refractivity contribution >= 4 is 28.1 Å². The van der Waals surface area contributed by atoms with Crippen molar-refractivity contribution in [2.24, 2.45) is 0 Å². The maximum Gasteiger partial charge on any atom is 0.254 e. The lowest BCUT2D eigenvalue weighted by molar-refractivity contribution is -0.917. The van der Waals surface area contributed by atoms with Crippen LogP contribution < -0.4 is 4.90 Å². The van der Waals surface area contributed by atoms with E-state index >= 15 is 0 Å². The minimum absolute atomic E-state index is 0.0854. The molecule has 3 heterocycles. The van der Waals surface area contributed by atoms with Crippen LogP contribution in [0.4, 0.5) is 0 Å². The van der Waals surface area contributed by atoms with E-state index in [1.165, 1.54) is 9.78 Å². The second-order valence-electron chi connectivity index (χ2n) is 7.41. The van der Waals surface area contributed by atoms with Crippen molar-refractivity contribution in [2.45, 2.75) is 6.54 Å². The fourth-order valence-electron chi connectivity index (χ4n) is 3.92. The van der Waals surface area contributed by atoms with Crippen molar-refractivity contribution < 1.29 is 14.2 Å². The van der Waals surface area contributed by atoms with E-state index in [4.69, 9.17) is 4.52 Å². The lowest BCUT2D eigenvalue weighted by Crippen LogP contribution is -3.13. The zero-order valence-electron chi connectivity index (χ0n) is 16.0. The Labute approximate surface area is 173 Å². The molecule has 2 aromatic heterocycles. The molecule has 1 saturated heterocycles. The molecule has 1 amide bonds. The van der Waals surface area contributed by atoms with Gasteiger partial charge in [0.25, 0.3) is 5.91 Å². The molecule has 146 valence electrons. The van der Waals surface area contributed by atoms with Crippen molar-refractivity contribution in [1.82, 2.24) is 10.1 Å². The zero-order chi connectivity index (χ0) is 19.6. The summed E-state index contributed by atoms with van der Waals surface area (Å²) in [5.74, 6) is 0.794. The van der Waals surface area contributed by atoms with Gasteiger partial charge in [-0.15, -0.1) is 11.3 Å². The summed E-state index contributed by atoms with van der Waals surface area (Å²) in [5, 5.41) is 7.15. The van der Waals surface area contributed by atoms with E-state index < -0.39 is 0 Å². The molecule has 1 N–H and O–H groups in total. The van der Waals surface area contributed by atoms with E-state index in [9.17, 15) is 4.79 Å². The Bertz CT molecular complexity index is 1110. The van der Waals surface area contributed by atoms with Gasteiger partial charge in [-0.2, -0.15) is 0 Å². The number of benzene rings is 2. The Morgan fingerprint density at radius 3 is 2.66 bits per heavy atom. The number of carbonyl (C=O) groups excluding carboxylic acids is 1. The molecule has 0 radical (unpaired) electrons. The number of thiophene rings is 1. The molecule has 1 fully saturated rings. The third-order valence-electron chi connectivity index (χ3n) is 5.52. The Kier molecular flexibility index (Phi) is 4.87. The summed E-state index contributed by atoms with van der Waals surface area (Å²) in [4.78, 5) is 18.0. The van der Waals surface area contributed by atoms with Crippen LogP contribution in [0.3, 0.4) is 0 Å². The molecule has 0 atom stereocenters. The highest BCUT2D eigenvalue weighted by molar-refractivity contribution is 7.09. The Morgan fingerprint density at radius 2 is 1.90 bits per heavy atom. The topological polar surface area (TPSA) is 50.8 Å². The summed E-state index contributed by atoms with van der Waals surface area (Å²) in [6.45, 7) is 4.58. The molecule has 29 heavy (non-hydrogen) atoms. The molecule has 0 saturated carbocycles. The highest BCUT2D eigenvalue weighted by atomic mass is 32.1. The van der Waals surface area contributed by atoms with Crippen LogP contribution in [0.5, 0.6) is 0 Å². The summed E-state index contributed by atoms with van der Waals surface area (Å²) in [6.07, 6.45) is 0. The average molecular weight is 405 g/mol. The highest BCUT2D eigenvalue weighted by Crippen LogP contribution is 2.29. The van der Waals surface area contributed by atoms with E-state index in [1.807, 2.05) is 53.4 Å². The Hall–Kier alpha value is -2.96. The molecule has 5 nitrogen and oxygen atoms in total. The molecule has 1 aliphatic rings. The predicted octanol–water partition coefficient (Wildman–Crippen LogP) is 3.10. The minimum Gasteiger partial charge on any atom is -0.355 e. The van der Waals surface area contributed by atoms with Gasteiger partial charge in [-0.3, -0.25) is 4.79 Å². The van der Waals surface area contributed by atoms with Crippen molar-refractivity contribution in [3.63, 3.8) is 0 Å². The first-order valence-corrected chi connectivity index (χ1v) is 10.8. The first-order valence-electron chi connectivity index (χ1n) is 9.88. The molecule has 6 heteroatoms. The number of carbonyl (C=O) groups is 1. The smallest absolute Gasteiger partial charge is 0.254 e. The fourth-order valence-corrected chi connectivity index (χ4v) is 4.69. The lowest BCUT2D eigenvalue weighted by atomic mass is 10.1. The number of amides is 1. The van der Waals surface area contributed by atoms with Crippen LogP contribution >= 0.6 is 11.3 Å². The lowest BCUT2D eigenvalue weighted by Gasteiger charge is -2.32. The van der Waals surface area contributed by atoms with Gasteiger partial charge in [0, 0.05) is 11.1 Å². The van der Waals surface area contributed by atoms with Gasteiger partial charge in [0.1, 0.15) is 12.1 Å². The van der Waals surface area contributed by atoms with Gasteiger partial charge in [-0.25, -0.2) is 0 Å². The van der Waals surface area contributed by atoms with E-state index in [-0.39, 0.29) is 5.91 Å². The number of nitrogens with one attached hydrogen (secondary N) is 1. The summed E-state index contributed by atoms with van der Waals surface area (Å²) in [6, 6.07) is 19.8. The standard InChI is InChI=1S/C23H21N3O2S/c27-23(26-12-10-25(11-13-26)16-19-7-4-14-29-19)18-8-9-21-20(15-18)22(28-24-21)17-5-2-1-3-6-17/h1-9,14-15H,10-13,16H2/p+1. The maximum absolute atomic E-state index is 13.1. The number of hydrogen-bond acceptors (Lipinski definition) is 4. The molecule has 1 aliphatic heterocycles. The minimum atomic E-state index is 0.0854. The molecule has 0 bridgehead atoms. The quantitative estimate of drug-likeness (QED) is 0.569. The molecule has 0 aliphatic carbocycles. The van der Waals surface area contributed by atoms with Gasteiger partial charge in [-0.1, -0.05) is 41.6 Å². The SMILES string of the molecule is O=C(c1ccc2noc(-c3ccccc3)c2c1)N1CC[NH+](Cc2cccs2)CC1. The van der Waals surface area contributed by atoms with Gasteiger partial charge in [0.15, 0.2) is 5.76 Å². The molecule has 0 unspecified atom stereocenters. The van der Waals surface area contributed by atoms with E-state index in [0.717, 1.165) is 49.2 Å². The van der Waals surface area contributed by atoms with E-state index in [2.05, 4.69) is 22.7 Å². The number of hydrogen-bond donors (Lipinski definition) is 1. The van der Waals surface area contributed by atoms with Gasteiger partial charge >= 0.3 is 0 Å². The largest absolute Gasteiger partial charge is 0.355 e. The van der Waals surface area contributed by atoms with Crippen molar-refractivity contribution in [3.05, 3.63) is 76.5 Å². The normalized spacial score (nSPS) is 15.1. The van der Waals surface area contributed by atoms with Crippen LogP contribution in [0.25, 0.3) is 22.2 Å². The molecule has 5 rings (SSSR count).